The Labute approximate surface area is 162 Å². The Hall–Kier alpha value is -2.37. The molecule has 2 aromatic carbocycles. The maximum absolute atomic E-state index is 13.1. The van der Waals surface area contributed by atoms with Crippen LogP contribution < -0.4 is 5.32 Å². The first kappa shape index (κ1) is 18.0. The molecule has 0 bridgehead atoms. The molecule has 0 aliphatic carbocycles. The van der Waals surface area contributed by atoms with Crippen molar-refractivity contribution in [3.8, 4) is 0 Å². The number of carbonyl (C=O) groups excluding carboxylic acids is 1. The average Bonchev–Trinajstić information content (AvgIpc) is 2.78. The molecule has 1 aliphatic rings. The first-order valence-corrected chi connectivity index (χ1v) is 9.42. The molecule has 0 atom stereocenters. The highest BCUT2D eigenvalue weighted by atomic mass is 35.5. The van der Waals surface area contributed by atoms with E-state index in [0.29, 0.717) is 10.7 Å². The summed E-state index contributed by atoms with van der Waals surface area (Å²) in [6, 6.07) is 11.7. The molecule has 140 valence electrons. The number of nitrogens with one attached hydrogen (secondary N) is 1. The number of nitrogens with zero attached hydrogens (tertiary/aromatic N) is 2. The van der Waals surface area contributed by atoms with Crippen LogP contribution in [0.15, 0.2) is 42.5 Å². The normalized spacial score (nSPS) is 14.8. The van der Waals surface area contributed by atoms with Crippen molar-refractivity contribution in [2.75, 3.05) is 25.5 Å². The first-order chi connectivity index (χ1) is 13.0. The fraction of sp³-hybridized carbons (Fsp3) is 0.286. The van der Waals surface area contributed by atoms with Gasteiger partial charge in [-0.15, -0.1) is 0 Å². The van der Waals surface area contributed by atoms with Crippen molar-refractivity contribution in [2.24, 2.45) is 0 Å². The second-order valence-electron chi connectivity index (χ2n) is 7.03. The zero-order valence-electron chi connectivity index (χ0n) is 15.1. The maximum atomic E-state index is 13.1. The van der Waals surface area contributed by atoms with Gasteiger partial charge in [0.05, 0.1) is 0 Å². The molecular weight excluding hydrogens is 365 g/mol. The van der Waals surface area contributed by atoms with Gasteiger partial charge in [-0.3, -0.25) is 4.79 Å². The fourth-order valence-corrected chi connectivity index (χ4v) is 3.96. The van der Waals surface area contributed by atoms with Crippen LogP contribution in [0.3, 0.4) is 0 Å². The summed E-state index contributed by atoms with van der Waals surface area (Å²) in [6.07, 6.45) is 1.83. The Morgan fingerprint density at radius 2 is 1.89 bits per heavy atom. The van der Waals surface area contributed by atoms with Crippen LogP contribution >= 0.6 is 11.6 Å². The summed E-state index contributed by atoms with van der Waals surface area (Å²) in [4.78, 5) is 15.0. The number of rotatable bonds is 3. The molecule has 1 aromatic heterocycles. The first-order valence-electron chi connectivity index (χ1n) is 9.05. The smallest absolute Gasteiger partial charge is 0.244 e. The Morgan fingerprint density at radius 3 is 2.67 bits per heavy atom. The van der Waals surface area contributed by atoms with E-state index in [1.807, 2.05) is 18.2 Å². The Balaban J connectivity index is 1.68. The lowest BCUT2D eigenvalue weighted by Crippen LogP contribution is -2.23. The van der Waals surface area contributed by atoms with E-state index in [2.05, 4.69) is 21.8 Å². The molecule has 4 nitrogen and oxygen atoms in total. The van der Waals surface area contributed by atoms with Crippen molar-refractivity contribution in [1.82, 2.24) is 9.47 Å². The quantitative estimate of drug-likeness (QED) is 0.737. The van der Waals surface area contributed by atoms with Crippen LogP contribution in [0.25, 0.3) is 10.9 Å². The molecule has 3 aromatic rings. The molecule has 6 heteroatoms. The Morgan fingerprint density at radius 1 is 1.15 bits per heavy atom. The van der Waals surface area contributed by atoms with Gasteiger partial charge in [0.2, 0.25) is 5.91 Å². The van der Waals surface area contributed by atoms with Gasteiger partial charge in [0.1, 0.15) is 12.4 Å². The number of benzene rings is 2. The van der Waals surface area contributed by atoms with Gasteiger partial charge in [0.25, 0.3) is 0 Å². The van der Waals surface area contributed by atoms with Gasteiger partial charge in [-0.05, 0) is 61.5 Å². The van der Waals surface area contributed by atoms with E-state index < -0.39 is 0 Å². The molecule has 1 amide bonds. The highest BCUT2D eigenvalue weighted by molar-refractivity contribution is 6.31. The number of hydrogen-bond acceptors (Lipinski definition) is 2. The molecule has 0 saturated carbocycles. The van der Waals surface area contributed by atoms with Gasteiger partial charge in [-0.25, -0.2) is 4.39 Å². The van der Waals surface area contributed by atoms with Gasteiger partial charge < -0.3 is 14.8 Å². The van der Waals surface area contributed by atoms with E-state index in [1.54, 1.807) is 12.1 Å². The van der Waals surface area contributed by atoms with Crippen LogP contribution in [0.1, 0.15) is 11.3 Å². The van der Waals surface area contributed by atoms with Crippen LogP contribution in [0, 0.1) is 5.82 Å². The third kappa shape index (κ3) is 3.70. The SMILES string of the molecule is CN1CCc2c(n(CC(=O)Nc3ccc(F)cc3)c3ccc(Cl)cc23)CC1. The summed E-state index contributed by atoms with van der Waals surface area (Å²) in [7, 11) is 2.12. The molecule has 1 aliphatic heterocycles. The molecule has 27 heavy (non-hydrogen) atoms. The summed E-state index contributed by atoms with van der Waals surface area (Å²) in [5, 5.41) is 4.68. The molecular formula is C21H21ClFN3O. The van der Waals surface area contributed by atoms with Crippen molar-refractivity contribution in [3.05, 3.63) is 64.6 Å². The van der Waals surface area contributed by atoms with E-state index in [9.17, 15) is 9.18 Å². The van der Waals surface area contributed by atoms with Crippen molar-refractivity contribution < 1.29 is 9.18 Å². The second kappa shape index (κ2) is 7.33. The lowest BCUT2D eigenvalue weighted by molar-refractivity contribution is -0.116. The molecule has 4 rings (SSSR count). The topological polar surface area (TPSA) is 37.3 Å². The lowest BCUT2D eigenvalue weighted by Gasteiger charge is -2.14. The summed E-state index contributed by atoms with van der Waals surface area (Å²) in [6.45, 7) is 2.16. The fourth-order valence-electron chi connectivity index (χ4n) is 3.78. The molecule has 0 saturated heterocycles. The highest BCUT2D eigenvalue weighted by Crippen LogP contribution is 2.31. The van der Waals surface area contributed by atoms with Crippen molar-refractivity contribution >= 4 is 34.1 Å². The number of likely N-dealkylation sites (N-methyl/N-ethyl adjacent to an activating group) is 1. The zero-order chi connectivity index (χ0) is 19.0. The monoisotopic (exact) mass is 385 g/mol. The largest absolute Gasteiger partial charge is 0.335 e. The van der Waals surface area contributed by atoms with E-state index in [0.717, 1.165) is 36.8 Å². The minimum absolute atomic E-state index is 0.131. The number of hydrogen-bond donors (Lipinski definition) is 1. The van der Waals surface area contributed by atoms with Crippen LogP contribution in [0.2, 0.25) is 5.02 Å². The molecule has 0 unspecified atom stereocenters. The minimum Gasteiger partial charge on any atom is -0.335 e. The second-order valence-corrected chi connectivity index (χ2v) is 7.47. The third-order valence-corrected chi connectivity index (χ3v) is 5.39. The average molecular weight is 386 g/mol. The van der Waals surface area contributed by atoms with Gasteiger partial charge in [-0.2, -0.15) is 0 Å². The van der Waals surface area contributed by atoms with E-state index >= 15 is 0 Å². The summed E-state index contributed by atoms with van der Waals surface area (Å²) in [5.41, 5.74) is 4.10. The zero-order valence-corrected chi connectivity index (χ0v) is 15.9. The minimum atomic E-state index is -0.323. The number of carbonyl (C=O) groups is 1. The highest BCUT2D eigenvalue weighted by Gasteiger charge is 2.22. The van der Waals surface area contributed by atoms with Gasteiger partial charge in [-0.1, -0.05) is 11.6 Å². The maximum Gasteiger partial charge on any atom is 0.244 e. The molecule has 0 fully saturated rings. The van der Waals surface area contributed by atoms with Crippen LogP contribution in [0.4, 0.5) is 10.1 Å². The Bertz CT molecular complexity index is 997. The summed E-state index contributed by atoms with van der Waals surface area (Å²) in [5.74, 6) is -0.454. The molecule has 1 N–H and O–H groups in total. The van der Waals surface area contributed by atoms with E-state index in [1.165, 1.54) is 23.4 Å². The van der Waals surface area contributed by atoms with Crippen LogP contribution in [-0.4, -0.2) is 35.5 Å². The predicted molar refractivity (Wildman–Crippen MR) is 107 cm³/mol. The number of halogens is 2. The van der Waals surface area contributed by atoms with Crippen molar-refractivity contribution in [1.29, 1.82) is 0 Å². The lowest BCUT2D eigenvalue weighted by atomic mass is 10.1. The van der Waals surface area contributed by atoms with Gasteiger partial charge >= 0.3 is 0 Å². The predicted octanol–water partition coefficient (Wildman–Crippen LogP) is 4.10. The van der Waals surface area contributed by atoms with Crippen LogP contribution in [-0.2, 0) is 24.2 Å². The number of aromatic nitrogens is 1. The Kier molecular flexibility index (Phi) is 4.89. The van der Waals surface area contributed by atoms with Crippen molar-refractivity contribution in [2.45, 2.75) is 19.4 Å². The number of anilines is 1. The van der Waals surface area contributed by atoms with Crippen molar-refractivity contribution in [3.63, 3.8) is 0 Å². The van der Waals surface area contributed by atoms with E-state index in [4.69, 9.17) is 11.6 Å². The summed E-state index contributed by atoms with van der Waals surface area (Å²) >= 11 is 6.24. The van der Waals surface area contributed by atoms with Crippen LogP contribution in [0.5, 0.6) is 0 Å². The molecule has 0 spiro atoms. The summed E-state index contributed by atoms with van der Waals surface area (Å²) < 4.78 is 15.2. The number of amides is 1. The number of fused-ring (bicyclic) bond motifs is 3. The van der Waals surface area contributed by atoms with Gasteiger partial charge in [0, 0.05) is 46.8 Å². The third-order valence-electron chi connectivity index (χ3n) is 5.15. The molecule has 2 heterocycles. The standard InChI is InChI=1S/C21H21ClFN3O/c1-25-10-8-17-18-12-14(22)2-7-19(18)26(20(17)9-11-25)13-21(27)24-16-5-3-15(23)4-6-16/h2-7,12H,8-11,13H2,1H3,(H,24,27). The molecule has 0 radical (unpaired) electrons. The van der Waals surface area contributed by atoms with Gasteiger partial charge in [0.15, 0.2) is 0 Å². The van der Waals surface area contributed by atoms with E-state index in [-0.39, 0.29) is 18.3 Å².